The van der Waals surface area contributed by atoms with E-state index in [4.69, 9.17) is 33.2 Å². The predicted molar refractivity (Wildman–Crippen MR) is 205 cm³/mol. The minimum absolute atomic E-state index is 0.126. The molecule has 3 aromatic rings. The molecule has 0 radical (unpaired) electrons. The molecule has 0 aliphatic rings. The van der Waals surface area contributed by atoms with Crippen molar-refractivity contribution in [1.82, 2.24) is 0 Å². The van der Waals surface area contributed by atoms with E-state index in [-0.39, 0.29) is 29.2 Å². The van der Waals surface area contributed by atoms with Crippen molar-refractivity contribution in [2.45, 2.75) is 71.1 Å². The van der Waals surface area contributed by atoms with Gasteiger partial charge in [0.15, 0.2) is 0 Å². The molecular formula is C43H50O12. The van der Waals surface area contributed by atoms with Crippen LogP contribution in [0.25, 0.3) is 0 Å². The molecule has 0 heterocycles. The number of hydrogen-bond acceptors (Lipinski definition) is 12. The highest BCUT2D eigenvalue weighted by Crippen LogP contribution is 2.27. The van der Waals surface area contributed by atoms with Crippen molar-refractivity contribution in [1.29, 1.82) is 0 Å². The van der Waals surface area contributed by atoms with Crippen LogP contribution in [0, 0.1) is 0 Å². The van der Waals surface area contributed by atoms with Gasteiger partial charge in [0.25, 0.3) is 0 Å². The Hall–Kier alpha value is -5.91. The molecule has 294 valence electrons. The molecule has 0 fully saturated rings. The monoisotopic (exact) mass is 758 g/mol. The third-order valence-electron chi connectivity index (χ3n) is 7.93. The molecular weight excluding hydrogens is 708 g/mol. The Kier molecular flexibility index (Phi) is 19.9. The highest BCUT2D eigenvalue weighted by atomic mass is 16.6. The largest absolute Gasteiger partial charge is 0.494 e. The van der Waals surface area contributed by atoms with Crippen LogP contribution in [0.3, 0.4) is 0 Å². The Balaban J connectivity index is 1.47. The van der Waals surface area contributed by atoms with Crippen molar-refractivity contribution in [2.75, 3.05) is 33.0 Å². The minimum atomic E-state index is -0.680. The number of esters is 5. The van der Waals surface area contributed by atoms with Crippen LogP contribution in [0.5, 0.6) is 23.0 Å². The number of rotatable bonds is 26. The van der Waals surface area contributed by atoms with Crippen molar-refractivity contribution in [2.24, 2.45) is 0 Å². The van der Waals surface area contributed by atoms with Gasteiger partial charge in [-0.3, -0.25) is 0 Å². The van der Waals surface area contributed by atoms with Crippen molar-refractivity contribution < 1.29 is 57.1 Å². The van der Waals surface area contributed by atoms with Gasteiger partial charge in [-0.1, -0.05) is 26.5 Å². The highest BCUT2D eigenvalue weighted by molar-refractivity contribution is 5.95. The van der Waals surface area contributed by atoms with Gasteiger partial charge in [-0.2, -0.15) is 0 Å². The molecule has 55 heavy (non-hydrogen) atoms. The van der Waals surface area contributed by atoms with E-state index in [1.165, 1.54) is 36.4 Å². The van der Waals surface area contributed by atoms with Crippen molar-refractivity contribution >= 4 is 29.8 Å². The second-order valence-electron chi connectivity index (χ2n) is 12.2. The van der Waals surface area contributed by atoms with Crippen LogP contribution in [-0.2, 0) is 23.8 Å². The van der Waals surface area contributed by atoms with Crippen molar-refractivity contribution in [3.05, 3.63) is 109 Å². The number of benzene rings is 3. The molecule has 12 heteroatoms. The van der Waals surface area contributed by atoms with E-state index in [2.05, 4.69) is 13.2 Å². The van der Waals surface area contributed by atoms with E-state index in [0.717, 1.165) is 63.5 Å². The van der Waals surface area contributed by atoms with Gasteiger partial charge < -0.3 is 33.2 Å². The van der Waals surface area contributed by atoms with Crippen LogP contribution >= 0.6 is 0 Å². The average Bonchev–Trinajstić information content (AvgIpc) is 3.20. The standard InChI is InChI=1S/C43H50O12/c1-4-7-26-53-43(48)37-31-36(24-25-38(37)50-28-13-9-11-15-30-52-40(45)6-3)55-42(47)33-18-22-35(23-19-33)54-41(46)32-16-20-34(21-17-32)49-27-12-8-10-14-29-51-39(44)5-2/h5-6,16-25,31H,2-4,7-15,26-30H2,1H3. The van der Waals surface area contributed by atoms with Gasteiger partial charge in [0.2, 0.25) is 0 Å². The number of hydrogen-bond donors (Lipinski definition) is 0. The first-order valence-corrected chi connectivity index (χ1v) is 18.5. The fraction of sp³-hybridized carbons (Fsp3) is 0.372. The average molecular weight is 759 g/mol. The van der Waals surface area contributed by atoms with Gasteiger partial charge in [0.1, 0.15) is 28.6 Å². The Labute approximate surface area is 322 Å². The molecule has 0 spiro atoms. The summed E-state index contributed by atoms with van der Waals surface area (Å²) >= 11 is 0. The second-order valence-corrected chi connectivity index (χ2v) is 12.2. The van der Waals surface area contributed by atoms with Crippen LogP contribution in [0.15, 0.2) is 92.0 Å². The second kappa shape index (κ2) is 25.2. The first kappa shape index (κ1) is 43.5. The summed E-state index contributed by atoms with van der Waals surface area (Å²) in [6.07, 6.45) is 10.4. The van der Waals surface area contributed by atoms with Gasteiger partial charge in [-0.25, -0.2) is 24.0 Å². The zero-order chi connectivity index (χ0) is 39.7. The molecule has 0 saturated heterocycles. The molecule has 0 N–H and O–H groups in total. The summed E-state index contributed by atoms with van der Waals surface area (Å²) in [5.74, 6) is -1.42. The summed E-state index contributed by atoms with van der Waals surface area (Å²) in [6.45, 7) is 10.5. The third-order valence-corrected chi connectivity index (χ3v) is 7.93. The molecule has 0 amide bonds. The lowest BCUT2D eigenvalue weighted by molar-refractivity contribution is -0.138. The lowest BCUT2D eigenvalue weighted by atomic mass is 10.1. The van der Waals surface area contributed by atoms with Crippen LogP contribution in [0.1, 0.15) is 102 Å². The maximum atomic E-state index is 13.0. The third kappa shape index (κ3) is 16.8. The molecule has 12 nitrogen and oxygen atoms in total. The smallest absolute Gasteiger partial charge is 0.343 e. The first-order chi connectivity index (χ1) is 26.7. The van der Waals surface area contributed by atoms with E-state index < -0.39 is 29.8 Å². The molecule has 3 rings (SSSR count). The molecule has 0 atom stereocenters. The molecule has 3 aromatic carbocycles. The summed E-state index contributed by atoms with van der Waals surface area (Å²) in [5, 5.41) is 0. The van der Waals surface area contributed by atoms with E-state index in [1.807, 2.05) is 6.92 Å². The van der Waals surface area contributed by atoms with E-state index in [1.54, 1.807) is 30.3 Å². The van der Waals surface area contributed by atoms with Crippen LogP contribution in [0.4, 0.5) is 0 Å². The first-order valence-electron chi connectivity index (χ1n) is 18.5. The number of unbranched alkanes of at least 4 members (excludes halogenated alkanes) is 7. The van der Waals surface area contributed by atoms with Gasteiger partial charge in [-0.15, -0.1) is 0 Å². The molecule has 0 saturated carbocycles. The normalized spacial score (nSPS) is 10.4. The Morgan fingerprint density at radius 3 is 1.47 bits per heavy atom. The maximum Gasteiger partial charge on any atom is 0.343 e. The summed E-state index contributed by atoms with van der Waals surface area (Å²) in [5.41, 5.74) is 0.659. The van der Waals surface area contributed by atoms with E-state index >= 15 is 0 Å². The van der Waals surface area contributed by atoms with E-state index in [9.17, 15) is 24.0 Å². The Bertz CT molecular complexity index is 1700. The molecule has 0 unspecified atom stereocenters. The highest BCUT2D eigenvalue weighted by Gasteiger charge is 2.18. The van der Waals surface area contributed by atoms with Crippen molar-refractivity contribution in [3.8, 4) is 23.0 Å². The Morgan fingerprint density at radius 2 is 0.945 bits per heavy atom. The predicted octanol–water partition coefficient (Wildman–Crippen LogP) is 8.42. The van der Waals surface area contributed by atoms with Gasteiger partial charge in [0.05, 0.1) is 44.2 Å². The summed E-state index contributed by atoms with van der Waals surface area (Å²) in [4.78, 5) is 60.8. The number of ether oxygens (including phenoxy) is 7. The van der Waals surface area contributed by atoms with Crippen LogP contribution in [-0.4, -0.2) is 62.9 Å². The summed E-state index contributed by atoms with van der Waals surface area (Å²) in [6, 6.07) is 17.0. The number of carbonyl (C=O) groups is 5. The summed E-state index contributed by atoms with van der Waals surface area (Å²) < 4.78 is 38.0. The molecule has 0 aliphatic heterocycles. The van der Waals surface area contributed by atoms with Crippen LogP contribution in [0.2, 0.25) is 0 Å². The summed E-state index contributed by atoms with van der Waals surface area (Å²) in [7, 11) is 0. The lowest BCUT2D eigenvalue weighted by Gasteiger charge is -2.13. The fourth-order valence-electron chi connectivity index (χ4n) is 4.87. The maximum absolute atomic E-state index is 13.0. The zero-order valence-corrected chi connectivity index (χ0v) is 31.4. The zero-order valence-electron chi connectivity index (χ0n) is 31.4. The molecule has 0 aromatic heterocycles. The Morgan fingerprint density at radius 1 is 0.491 bits per heavy atom. The van der Waals surface area contributed by atoms with Crippen molar-refractivity contribution in [3.63, 3.8) is 0 Å². The van der Waals surface area contributed by atoms with E-state index in [0.29, 0.717) is 56.3 Å². The SMILES string of the molecule is C=CC(=O)OCCCCCCOc1ccc(C(=O)Oc2ccc(C(=O)Oc3ccc(OCCCCCCOC(=O)C=C)c(C(=O)OCCCC)c3)cc2)cc1. The molecule has 0 bridgehead atoms. The van der Waals surface area contributed by atoms with Gasteiger partial charge in [-0.05, 0) is 125 Å². The van der Waals surface area contributed by atoms with Crippen LogP contribution < -0.4 is 18.9 Å². The molecule has 0 aliphatic carbocycles. The fourth-order valence-corrected chi connectivity index (χ4v) is 4.87. The van der Waals surface area contributed by atoms with Gasteiger partial charge >= 0.3 is 29.8 Å². The number of carbonyl (C=O) groups excluding carboxylic acids is 5. The quantitative estimate of drug-likeness (QED) is 0.0254. The lowest BCUT2D eigenvalue weighted by Crippen LogP contribution is -2.12. The minimum Gasteiger partial charge on any atom is -0.494 e. The van der Waals surface area contributed by atoms with Gasteiger partial charge in [0, 0.05) is 12.2 Å². The topological polar surface area (TPSA) is 150 Å².